The number of carboxylic acids is 1. The number of nitrogens with zero attached hydrogens (tertiary/aromatic N) is 4. The minimum Gasteiger partial charge on any atom is -0.478 e. The van der Waals surface area contributed by atoms with Crippen LogP contribution in [0.2, 0.25) is 0 Å². The third kappa shape index (κ3) is 5.60. The fourth-order valence-corrected chi connectivity index (χ4v) is 4.70. The van der Waals surface area contributed by atoms with Crippen LogP contribution < -0.4 is 4.74 Å². The lowest BCUT2D eigenvalue weighted by molar-refractivity contribution is 0.0697. The topological polar surface area (TPSA) is 103 Å². The number of fused-ring (bicyclic) bond motifs is 1. The number of aromatic carboxylic acids is 1. The summed E-state index contributed by atoms with van der Waals surface area (Å²) >= 11 is 0. The van der Waals surface area contributed by atoms with Gasteiger partial charge >= 0.3 is 5.97 Å². The molecule has 0 unspecified atom stereocenters. The van der Waals surface area contributed by atoms with Crippen LogP contribution in [0.15, 0.2) is 89.6 Å². The number of hydrogen-bond acceptors (Lipinski definition) is 6. The van der Waals surface area contributed by atoms with Gasteiger partial charge in [0, 0.05) is 29.7 Å². The average Bonchev–Trinajstić information content (AvgIpc) is 3.61. The van der Waals surface area contributed by atoms with Gasteiger partial charge < -0.3 is 18.9 Å². The summed E-state index contributed by atoms with van der Waals surface area (Å²) in [6, 6.07) is 21.3. The fourth-order valence-electron chi connectivity index (χ4n) is 4.70. The molecule has 3 heterocycles. The third-order valence-electron chi connectivity index (χ3n) is 6.89. The molecule has 0 spiro atoms. The molecular formula is C32H24F2N4O4. The molecule has 0 saturated carbocycles. The highest BCUT2D eigenvalue weighted by molar-refractivity contribution is 5.92. The summed E-state index contributed by atoms with van der Waals surface area (Å²) in [4.78, 5) is 20.7. The molecule has 0 aliphatic carbocycles. The molecule has 0 radical (unpaired) electrons. The zero-order valence-electron chi connectivity index (χ0n) is 22.4. The maximum atomic E-state index is 15.5. The molecule has 0 fully saturated rings. The third-order valence-corrected chi connectivity index (χ3v) is 6.89. The number of pyridine rings is 1. The van der Waals surface area contributed by atoms with E-state index in [4.69, 9.17) is 9.26 Å². The van der Waals surface area contributed by atoms with Crippen LogP contribution >= 0.6 is 0 Å². The Bertz CT molecular complexity index is 1920. The van der Waals surface area contributed by atoms with Gasteiger partial charge in [0.25, 0.3) is 0 Å². The number of imidazole rings is 1. The molecule has 6 rings (SSSR count). The minimum atomic E-state index is -1.06. The van der Waals surface area contributed by atoms with E-state index >= 15 is 4.39 Å². The lowest BCUT2D eigenvalue weighted by atomic mass is 10.1. The van der Waals surface area contributed by atoms with Gasteiger partial charge in [0.2, 0.25) is 5.88 Å². The molecule has 6 aromatic rings. The second-order valence-corrected chi connectivity index (χ2v) is 9.84. The lowest BCUT2D eigenvalue weighted by Crippen LogP contribution is -2.07. The number of rotatable bonds is 9. The number of hydrogen-bond donors (Lipinski definition) is 1. The SMILES string of the molecule is Cc1ccc(COc2cccc(-c3ccc(Cc4nc5ccc(C(=O)O)cc5n4Cc4ccon4)c(F)c3)n2)c(F)c1. The summed E-state index contributed by atoms with van der Waals surface area (Å²) in [5.41, 5.74) is 4.60. The first-order valence-corrected chi connectivity index (χ1v) is 13.1. The summed E-state index contributed by atoms with van der Waals surface area (Å²) in [5.74, 6) is -1.02. The molecule has 0 saturated heterocycles. The van der Waals surface area contributed by atoms with Crippen molar-refractivity contribution >= 4 is 17.0 Å². The highest BCUT2D eigenvalue weighted by Gasteiger charge is 2.17. The first-order valence-electron chi connectivity index (χ1n) is 13.1. The molecule has 0 bridgehead atoms. The summed E-state index contributed by atoms with van der Waals surface area (Å²) in [7, 11) is 0. The molecule has 0 atom stereocenters. The Morgan fingerprint density at radius 2 is 1.79 bits per heavy atom. The van der Waals surface area contributed by atoms with Crippen LogP contribution in [0.3, 0.4) is 0 Å². The van der Waals surface area contributed by atoms with Crippen LogP contribution in [0, 0.1) is 18.6 Å². The van der Waals surface area contributed by atoms with Gasteiger partial charge in [-0.1, -0.05) is 35.5 Å². The van der Waals surface area contributed by atoms with Crippen LogP contribution in [0.5, 0.6) is 5.88 Å². The van der Waals surface area contributed by atoms with E-state index in [9.17, 15) is 14.3 Å². The predicted molar refractivity (Wildman–Crippen MR) is 150 cm³/mol. The highest BCUT2D eigenvalue weighted by atomic mass is 19.1. The van der Waals surface area contributed by atoms with Crippen molar-refractivity contribution < 1.29 is 27.9 Å². The van der Waals surface area contributed by atoms with E-state index in [-0.39, 0.29) is 31.0 Å². The van der Waals surface area contributed by atoms with Crippen molar-refractivity contribution in [3.63, 3.8) is 0 Å². The number of carboxylic acid groups (broad SMARTS) is 1. The molecule has 10 heteroatoms. The molecular weight excluding hydrogens is 542 g/mol. The van der Waals surface area contributed by atoms with Crippen molar-refractivity contribution in [1.29, 1.82) is 0 Å². The first kappa shape index (κ1) is 26.8. The predicted octanol–water partition coefficient (Wildman–Crippen LogP) is 6.59. The Morgan fingerprint density at radius 3 is 2.55 bits per heavy atom. The minimum absolute atomic E-state index is 0.0131. The number of benzene rings is 3. The first-order chi connectivity index (χ1) is 20.3. The van der Waals surface area contributed by atoms with Gasteiger partial charge in [-0.25, -0.2) is 23.5 Å². The van der Waals surface area contributed by atoms with Crippen molar-refractivity contribution in [3.05, 3.63) is 131 Å². The molecule has 210 valence electrons. The molecule has 3 aromatic heterocycles. The summed E-state index contributed by atoms with van der Waals surface area (Å²) in [6.07, 6.45) is 1.60. The Kier molecular flexibility index (Phi) is 7.18. The average molecular weight is 567 g/mol. The standard InChI is InChI=1S/C32H24F2N4O4/c1-19-5-6-23(25(33)13-19)18-41-31-4-2-3-27(36-31)21-8-7-20(26(34)14-21)16-30-35-28-10-9-22(32(39)40)15-29(28)38(30)17-24-11-12-42-37-24/h2-15H,16-18H2,1H3,(H,39,40). The maximum Gasteiger partial charge on any atom is 0.335 e. The Morgan fingerprint density at radius 1 is 0.952 bits per heavy atom. The zero-order valence-corrected chi connectivity index (χ0v) is 22.4. The van der Waals surface area contributed by atoms with Crippen molar-refractivity contribution in [2.75, 3.05) is 0 Å². The second-order valence-electron chi connectivity index (χ2n) is 9.84. The molecule has 0 aliphatic rings. The van der Waals surface area contributed by atoms with Gasteiger partial charge in [-0.2, -0.15) is 0 Å². The quantitative estimate of drug-likeness (QED) is 0.211. The Labute approximate surface area is 238 Å². The molecule has 3 aromatic carbocycles. The second kappa shape index (κ2) is 11.2. The van der Waals surface area contributed by atoms with Gasteiger partial charge in [-0.3, -0.25) is 0 Å². The van der Waals surface area contributed by atoms with E-state index < -0.39 is 11.8 Å². The summed E-state index contributed by atoms with van der Waals surface area (Å²) in [5, 5.41) is 13.4. The van der Waals surface area contributed by atoms with E-state index in [1.54, 1.807) is 54.6 Å². The van der Waals surface area contributed by atoms with Gasteiger partial charge in [0.15, 0.2) is 0 Å². The Balaban J connectivity index is 1.26. The Hall–Kier alpha value is -5.38. The van der Waals surface area contributed by atoms with E-state index in [1.807, 2.05) is 17.6 Å². The zero-order chi connectivity index (χ0) is 29.2. The number of halogens is 2. The van der Waals surface area contributed by atoms with Gasteiger partial charge in [0.05, 0.1) is 28.8 Å². The van der Waals surface area contributed by atoms with Crippen LogP contribution in [-0.2, 0) is 19.6 Å². The van der Waals surface area contributed by atoms with Gasteiger partial charge in [0.1, 0.15) is 36.0 Å². The van der Waals surface area contributed by atoms with Crippen LogP contribution in [0.1, 0.15) is 38.6 Å². The molecule has 0 amide bonds. The van der Waals surface area contributed by atoms with Crippen LogP contribution in [0.4, 0.5) is 8.78 Å². The van der Waals surface area contributed by atoms with Crippen molar-refractivity contribution in [2.45, 2.75) is 26.5 Å². The molecule has 42 heavy (non-hydrogen) atoms. The van der Waals surface area contributed by atoms with E-state index in [0.29, 0.717) is 50.8 Å². The van der Waals surface area contributed by atoms with Gasteiger partial charge in [-0.05, 0) is 54.4 Å². The molecule has 0 aliphatic heterocycles. The number of ether oxygens (including phenoxy) is 1. The fraction of sp³-hybridized carbons (Fsp3) is 0.125. The summed E-state index contributed by atoms with van der Waals surface area (Å²) < 4.78 is 42.1. The van der Waals surface area contributed by atoms with Crippen molar-refractivity contribution in [1.82, 2.24) is 19.7 Å². The monoisotopic (exact) mass is 566 g/mol. The van der Waals surface area contributed by atoms with Gasteiger partial charge in [-0.15, -0.1) is 0 Å². The summed E-state index contributed by atoms with van der Waals surface area (Å²) in [6.45, 7) is 2.10. The van der Waals surface area contributed by atoms with Crippen molar-refractivity contribution in [2.24, 2.45) is 0 Å². The maximum absolute atomic E-state index is 15.5. The van der Waals surface area contributed by atoms with Crippen LogP contribution in [0.25, 0.3) is 22.3 Å². The largest absolute Gasteiger partial charge is 0.478 e. The highest BCUT2D eigenvalue weighted by Crippen LogP contribution is 2.26. The number of carbonyl (C=O) groups is 1. The lowest BCUT2D eigenvalue weighted by Gasteiger charge is -2.11. The van der Waals surface area contributed by atoms with E-state index in [0.717, 1.165) is 5.56 Å². The van der Waals surface area contributed by atoms with E-state index in [1.165, 1.54) is 24.5 Å². The molecule has 8 nitrogen and oxygen atoms in total. The number of aromatic nitrogens is 4. The van der Waals surface area contributed by atoms with Crippen molar-refractivity contribution in [3.8, 4) is 17.1 Å². The number of aryl methyl sites for hydroxylation is 1. The van der Waals surface area contributed by atoms with Crippen LogP contribution in [-0.4, -0.2) is 30.8 Å². The van der Waals surface area contributed by atoms with E-state index in [2.05, 4.69) is 15.1 Å². The smallest absolute Gasteiger partial charge is 0.335 e. The normalized spacial score (nSPS) is 11.2. The molecule has 1 N–H and O–H groups in total.